The predicted octanol–water partition coefficient (Wildman–Crippen LogP) is 0.340. The number of carbonyl (C=O) groups excluding carboxylic acids is 2. The normalized spacial score (nSPS) is 18.3. The van der Waals surface area contributed by atoms with Gasteiger partial charge in [-0.15, -0.1) is 12.3 Å². The van der Waals surface area contributed by atoms with Gasteiger partial charge < -0.3 is 4.90 Å². The molecule has 1 aliphatic rings. The molecule has 4 heteroatoms. The Labute approximate surface area is 77.3 Å². The van der Waals surface area contributed by atoms with Crippen molar-refractivity contribution in [3.05, 3.63) is 0 Å². The van der Waals surface area contributed by atoms with Crippen LogP contribution >= 0.6 is 0 Å². The molecule has 0 aromatic heterocycles. The van der Waals surface area contributed by atoms with E-state index in [0.29, 0.717) is 6.42 Å². The molecule has 1 heterocycles. The van der Waals surface area contributed by atoms with Crippen molar-refractivity contribution in [1.29, 1.82) is 0 Å². The molecule has 13 heavy (non-hydrogen) atoms. The second-order valence-corrected chi connectivity index (χ2v) is 2.95. The summed E-state index contributed by atoms with van der Waals surface area (Å²) in [6.45, 7) is 2.08. The quantitative estimate of drug-likeness (QED) is 0.503. The lowest BCUT2D eigenvalue weighted by Gasteiger charge is -2.22. The first-order valence-corrected chi connectivity index (χ1v) is 4.23. The largest absolute Gasteiger partial charge is 0.324 e. The van der Waals surface area contributed by atoms with Crippen molar-refractivity contribution in [2.45, 2.75) is 25.8 Å². The Morgan fingerprint density at radius 2 is 2.38 bits per heavy atom. The molecule has 70 valence electrons. The van der Waals surface area contributed by atoms with Crippen molar-refractivity contribution >= 4 is 11.9 Å². The van der Waals surface area contributed by atoms with Crippen LogP contribution in [0.15, 0.2) is 0 Å². The van der Waals surface area contributed by atoms with Crippen LogP contribution in [-0.4, -0.2) is 29.4 Å². The smallest absolute Gasteiger partial charge is 0.311 e. The van der Waals surface area contributed by atoms with Crippen LogP contribution in [0.5, 0.6) is 0 Å². The highest BCUT2D eigenvalue weighted by molar-refractivity contribution is 6.02. The summed E-state index contributed by atoms with van der Waals surface area (Å²) in [6, 6.07) is -0.344. The molecule has 0 spiro atoms. The van der Waals surface area contributed by atoms with Crippen molar-refractivity contribution in [3.63, 3.8) is 0 Å². The number of amides is 3. The molecule has 1 saturated heterocycles. The Morgan fingerprint density at radius 1 is 1.69 bits per heavy atom. The highest BCUT2D eigenvalue weighted by Crippen LogP contribution is 2.11. The van der Waals surface area contributed by atoms with Gasteiger partial charge in [0.25, 0.3) is 0 Å². The molecule has 1 fully saturated rings. The van der Waals surface area contributed by atoms with Crippen LogP contribution in [0.1, 0.15) is 19.8 Å². The number of hydrogen-bond acceptors (Lipinski definition) is 2. The van der Waals surface area contributed by atoms with E-state index in [1.807, 2.05) is 6.92 Å². The van der Waals surface area contributed by atoms with E-state index in [-0.39, 0.29) is 24.5 Å². The summed E-state index contributed by atoms with van der Waals surface area (Å²) in [4.78, 5) is 23.5. The van der Waals surface area contributed by atoms with Gasteiger partial charge in [-0.1, -0.05) is 6.92 Å². The van der Waals surface area contributed by atoms with Crippen molar-refractivity contribution in [1.82, 2.24) is 10.2 Å². The van der Waals surface area contributed by atoms with Gasteiger partial charge in [-0.3, -0.25) is 10.1 Å². The third-order valence-electron chi connectivity index (χ3n) is 2.09. The summed E-state index contributed by atoms with van der Waals surface area (Å²) in [5.74, 6) is 2.25. The van der Waals surface area contributed by atoms with Crippen LogP contribution in [-0.2, 0) is 4.79 Å². The maximum atomic E-state index is 11.2. The maximum absolute atomic E-state index is 11.2. The summed E-state index contributed by atoms with van der Waals surface area (Å²) >= 11 is 0. The second-order valence-electron chi connectivity index (χ2n) is 2.95. The third-order valence-corrected chi connectivity index (χ3v) is 2.09. The summed E-state index contributed by atoms with van der Waals surface area (Å²) in [5, 5.41) is 2.22. The van der Waals surface area contributed by atoms with E-state index >= 15 is 0 Å². The fourth-order valence-corrected chi connectivity index (χ4v) is 1.36. The highest BCUT2D eigenvalue weighted by atomic mass is 16.2. The van der Waals surface area contributed by atoms with E-state index in [2.05, 4.69) is 11.2 Å². The van der Waals surface area contributed by atoms with E-state index in [0.717, 1.165) is 6.42 Å². The predicted molar refractivity (Wildman–Crippen MR) is 47.8 cm³/mol. The Morgan fingerprint density at radius 3 is 2.77 bits per heavy atom. The molecule has 1 aliphatic heterocycles. The zero-order valence-corrected chi connectivity index (χ0v) is 7.54. The Hall–Kier alpha value is -1.50. The van der Waals surface area contributed by atoms with Gasteiger partial charge in [0.2, 0.25) is 5.91 Å². The number of terminal acetylenes is 1. The van der Waals surface area contributed by atoms with Crippen molar-refractivity contribution in [2.75, 3.05) is 6.54 Å². The number of rotatable bonds is 3. The lowest BCUT2D eigenvalue weighted by Crippen LogP contribution is -2.37. The van der Waals surface area contributed by atoms with Crippen LogP contribution in [0, 0.1) is 12.3 Å². The van der Waals surface area contributed by atoms with E-state index in [1.165, 1.54) is 4.90 Å². The number of hydrogen-bond donors (Lipinski definition) is 1. The molecule has 0 aromatic carbocycles. The minimum atomic E-state index is -0.327. The molecule has 1 rings (SSSR count). The van der Waals surface area contributed by atoms with Crippen LogP contribution in [0.3, 0.4) is 0 Å². The molecule has 0 aliphatic carbocycles. The van der Waals surface area contributed by atoms with Crippen molar-refractivity contribution < 1.29 is 9.59 Å². The highest BCUT2D eigenvalue weighted by Gasteiger charge is 2.31. The summed E-state index contributed by atoms with van der Waals surface area (Å²) in [6.07, 6.45) is 6.43. The van der Waals surface area contributed by atoms with Gasteiger partial charge in [-0.25, -0.2) is 4.79 Å². The molecular weight excluding hydrogens is 168 g/mol. The first kappa shape index (κ1) is 9.59. The fraction of sp³-hybridized carbons (Fsp3) is 0.556. The van der Waals surface area contributed by atoms with E-state index in [4.69, 9.17) is 6.42 Å². The maximum Gasteiger partial charge on any atom is 0.324 e. The van der Waals surface area contributed by atoms with Gasteiger partial charge in [-0.05, 0) is 6.42 Å². The van der Waals surface area contributed by atoms with Gasteiger partial charge in [0.1, 0.15) is 6.54 Å². The molecule has 0 bridgehead atoms. The first-order chi connectivity index (χ1) is 6.19. The minimum Gasteiger partial charge on any atom is -0.311 e. The number of carbonyl (C=O) groups is 2. The molecule has 1 N–H and O–H groups in total. The Balaban J connectivity index is 2.64. The molecule has 0 aromatic rings. The van der Waals surface area contributed by atoms with E-state index in [9.17, 15) is 9.59 Å². The molecule has 4 nitrogen and oxygen atoms in total. The molecule has 3 amide bonds. The van der Waals surface area contributed by atoms with E-state index in [1.54, 1.807) is 0 Å². The van der Waals surface area contributed by atoms with Gasteiger partial charge in [-0.2, -0.15) is 0 Å². The van der Waals surface area contributed by atoms with Gasteiger partial charge in [0.15, 0.2) is 0 Å². The zero-order valence-electron chi connectivity index (χ0n) is 7.54. The van der Waals surface area contributed by atoms with E-state index < -0.39 is 0 Å². The summed E-state index contributed by atoms with van der Waals surface area (Å²) < 4.78 is 0. The Kier molecular flexibility index (Phi) is 2.91. The van der Waals surface area contributed by atoms with Crippen LogP contribution in [0.4, 0.5) is 4.79 Å². The average Bonchev–Trinajstić information content (AvgIpc) is 2.41. The molecular formula is C9H12N2O2. The Bertz CT molecular complexity index is 267. The van der Waals surface area contributed by atoms with Crippen molar-refractivity contribution in [2.24, 2.45) is 0 Å². The summed E-state index contributed by atoms with van der Waals surface area (Å²) in [7, 11) is 0. The molecule has 1 unspecified atom stereocenters. The zero-order chi connectivity index (χ0) is 9.84. The van der Waals surface area contributed by atoms with Crippen molar-refractivity contribution in [3.8, 4) is 12.3 Å². The topological polar surface area (TPSA) is 49.4 Å². The summed E-state index contributed by atoms with van der Waals surface area (Å²) in [5.41, 5.74) is 0. The third kappa shape index (κ3) is 2.00. The monoisotopic (exact) mass is 180 g/mol. The number of imide groups is 1. The number of urea groups is 1. The first-order valence-electron chi connectivity index (χ1n) is 4.23. The van der Waals surface area contributed by atoms with Crippen LogP contribution < -0.4 is 5.32 Å². The van der Waals surface area contributed by atoms with Gasteiger partial charge in [0.05, 0.1) is 0 Å². The lowest BCUT2D eigenvalue weighted by atomic mass is 10.1. The average molecular weight is 180 g/mol. The number of nitrogens with zero attached hydrogens (tertiary/aromatic N) is 1. The fourth-order valence-electron chi connectivity index (χ4n) is 1.36. The van der Waals surface area contributed by atoms with Gasteiger partial charge >= 0.3 is 6.03 Å². The van der Waals surface area contributed by atoms with Crippen LogP contribution in [0.2, 0.25) is 0 Å². The minimum absolute atomic E-state index is 0.0172. The standard InChI is InChI=1S/C9H12N2O2/c1-3-5-7(4-2)11-6-8(12)10-9(11)13/h1,7H,4-6H2,2H3,(H,10,12,13). The second kappa shape index (κ2) is 3.94. The SMILES string of the molecule is C#CCC(CC)N1CC(=O)NC1=O. The number of nitrogens with one attached hydrogen (secondary N) is 1. The molecule has 1 atom stereocenters. The lowest BCUT2D eigenvalue weighted by molar-refractivity contribution is -0.118. The molecule has 0 radical (unpaired) electrons. The van der Waals surface area contributed by atoms with Gasteiger partial charge in [0, 0.05) is 12.5 Å². The van der Waals surface area contributed by atoms with Crippen LogP contribution in [0.25, 0.3) is 0 Å². The molecule has 0 saturated carbocycles.